The van der Waals surface area contributed by atoms with Gasteiger partial charge < -0.3 is 5.32 Å². The number of para-hydroxylation sites is 1. The average molecular weight is 259 g/mol. The number of fused-ring (bicyclic) bond motifs is 1. The fourth-order valence-corrected chi connectivity index (χ4v) is 2.91. The summed E-state index contributed by atoms with van der Waals surface area (Å²) in [4.78, 5) is 25.7. The lowest BCUT2D eigenvalue weighted by atomic mass is 9.88. The number of anilines is 1. The number of carbonyl (C=O) groups is 2. The lowest BCUT2D eigenvalue weighted by Gasteiger charge is -2.44. The van der Waals surface area contributed by atoms with E-state index in [1.165, 1.54) is 0 Å². The second-order valence-electron chi connectivity index (χ2n) is 5.29. The molecule has 5 nitrogen and oxygen atoms in total. The smallest absolute Gasteiger partial charge is 0.304 e. The predicted octanol–water partition coefficient (Wildman–Crippen LogP) is 1.11. The number of urea groups is 1. The lowest BCUT2D eigenvalue weighted by Crippen LogP contribution is -2.69. The maximum absolute atomic E-state index is 12.1. The van der Waals surface area contributed by atoms with E-state index in [1.807, 2.05) is 30.3 Å². The molecule has 19 heavy (non-hydrogen) atoms. The van der Waals surface area contributed by atoms with E-state index in [4.69, 9.17) is 0 Å². The number of amides is 3. The summed E-state index contributed by atoms with van der Waals surface area (Å²) in [5.74, 6) is 0.236. The quantitative estimate of drug-likeness (QED) is 0.794. The number of piperidine rings is 1. The molecule has 2 heterocycles. The average Bonchev–Trinajstić information content (AvgIpc) is 2.39. The number of carbonyl (C=O) groups excluding carboxylic acids is 2. The standard InChI is InChI=1S/C14H17N3O2/c1-9-7-11-12(15-8-9)13(18)16-14(19)17(11)10-5-3-2-4-6-10/h2-6,9,11-12,15H,7-8H2,1H3,(H,16,18,19). The SMILES string of the molecule is CC1CNC2C(=O)NC(=O)N(c3ccccc3)C2C1. The van der Waals surface area contributed by atoms with Crippen LogP contribution in [0.3, 0.4) is 0 Å². The number of hydrogen-bond acceptors (Lipinski definition) is 3. The number of nitrogens with one attached hydrogen (secondary N) is 2. The van der Waals surface area contributed by atoms with Crippen molar-refractivity contribution in [2.75, 3.05) is 11.4 Å². The summed E-state index contributed by atoms with van der Waals surface area (Å²) < 4.78 is 0. The van der Waals surface area contributed by atoms with Gasteiger partial charge in [-0.05, 0) is 31.0 Å². The molecule has 2 fully saturated rings. The summed E-state index contributed by atoms with van der Waals surface area (Å²) in [7, 11) is 0. The van der Waals surface area contributed by atoms with E-state index in [0.717, 1.165) is 18.7 Å². The summed E-state index contributed by atoms with van der Waals surface area (Å²) in [6, 6.07) is 8.75. The van der Waals surface area contributed by atoms with Gasteiger partial charge in [-0.2, -0.15) is 0 Å². The van der Waals surface area contributed by atoms with Crippen molar-refractivity contribution < 1.29 is 9.59 Å². The summed E-state index contributed by atoms with van der Waals surface area (Å²) >= 11 is 0. The molecule has 2 N–H and O–H groups in total. The highest BCUT2D eigenvalue weighted by molar-refractivity contribution is 6.08. The Morgan fingerprint density at radius 2 is 1.95 bits per heavy atom. The van der Waals surface area contributed by atoms with E-state index in [2.05, 4.69) is 17.6 Å². The summed E-state index contributed by atoms with van der Waals surface area (Å²) in [5.41, 5.74) is 0.832. The first-order valence-corrected chi connectivity index (χ1v) is 6.59. The van der Waals surface area contributed by atoms with Gasteiger partial charge in [0.25, 0.3) is 0 Å². The van der Waals surface area contributed by atoms with Crippen LogP contribution in [-0.2, 0) is 4.79 Å². The fraction of sp³-hybridized carbons (Fsp3) is 0.429. The van der Waals surface area contributed by atoms with Gasteiger partial charge >= 0.3 is 6.03 Å². The van der Waals surface area contributed by atoms with E-state index in [0.29, 0.717) is 5.92 Å². The molecule has 100 valence electrons. The highest BCUT2D eigenvalue weighted by Gasteiger charge is 2.44. The lowest BCUT2D eigenvalue weighted by molar-refractivity contribution is -0.123. The van der Waals surface area contributed by atoms with Gasteiger partial charge in [0, 0.05) is 5.69 Å². The Morgan fingerprint density at radius 1 is 1.21 bits per heavy atom. The molecule has 0 aromatic heterocycles. The Hall–Kier alpha value is -1.88. The minimum absolute atomic E-state index is 0.104. The van der Waals surface area contributed by atoms with Crippen LogP contribution in [-0.4, -0.2) is 30.6 Å². The molecule has 3 amide bonds. The predicted molar refractivity (Wildman–Crippen MR) is 71.8 cm³/mol. The molecular formula is C14H17N3O2. The second-order valence-corrected chi connectivity index (χ2v) is 5.29. The van der Waals surface area contributed by atoms with Crippen LogP contribution < -0.4 is 15.5 Å². The van der Waals surface area contributed by atoms with Crippen LogP contribution in [0.4, 0.5) is 10.5 Å². The van der Waals surface area contributed by atoms with Gasteiger partial charge in [-0.25, -0.2) is 4.79 Å². The van der Waals surface area contributed by atoms with Crippen LogP contribution in [0.25, 0.3) is 0 Å². The van der Waals surface area contributed by atoms with Crippen molar-refractivity contribution in [3.05, 3.63) is 30.3 Å². The first-order chi connectivity index (χ1) is 9.16. The van der Waals surface area contributed by atoms with Crippen molar-refractivity contribution in [3.63, 3.8) is 0 Å². The zero-order valence-corrected chi connectivity index (χ0v) is 10.8. The Morgan fingerprint density at radius 3 is 2.68 bits per heavy atom. The van der Waals surface area contributed by atoms with Gasteiger partial charge in [-0.1, -0.05) is 25.1 Å². The normalized spacial score (nSPS) is 30.8. The number of imide groups is 1. The van der Waals surface area contributed by atoms with E-state index >= 15 is 0 Å². The van der Waals surface area contributed by atoms with Crippen LogP contribution in [0.1, 0.15) is 13.3 Å². The van der Waals surface area contributed by atoms with Gasteiger partial charge in [0.1, 0.15) is 6.04 Å². The van der Waals surface area contributed by atoms with Gasteiger partial charge in [-0.3, -0.25) is 15.0 Å². The van der Waals surface area contributed by atoms with Crippen molar-refractivity contribution in [2.24, 2.45) is 5.92 Å². The monoisotopic (exact) mass is 259 g/mol. The van der Waals surface area contributed by atoms with Crippen LogP contribution in [0.15, 0.2) is 30.3 Å². The van der Waals surface area contributed by atoms with E-state index in [1.54, 1.807) is 4.90 Å². The molecule has 3 rings (SSSR count). The Bertz CT molecular complexity index is 503. The first-order valence-electron chi connectivity index (χ1n) is 6.59. The zero-order valence-electron chi connectivity index (χ0n) is 10.8. The zero-order chi connectivity index (χ0) is 13.4. The van der Waals surface area contributed by atoms with Crippen LogP contribution >= 0.6 is 0 Å². The minimum atomic E-state index is -0.326. The largest absolute Gasteiger partial charge is 0.328 e. The molecule has 1 aromatic carbocycles. The molecular weight excluding hydrogens is 242 g/mol. The molecule has 2 saturated heterocycles. The van der Waals surface area contributed by atoms with Gasteiger partial charge in [0.15, 0.2) is 0 Å². The van der Waals surface area contributed by atoms with Crippen LogP contribution in [0, 0.1) is 5.92 Å². The molecule has 0 aliphatic carbocycles. The second kappa shape index (κ2) is 4.66. The maximum Gasteiger partial charge on any atom is 0.328 e. The van der Waals surface area contributed by atoms with Crippen LogP contribution in [0.2, 0.25) is 0 Å². The molecule has 0 bridgehead atoms. The van der Waals surface area contributed by atoms with Crippen molar-refractivity contribution >= 4 is 17.6 Å². The molecule has 2 aliphatic rings. The number of hydrogen-bond donors (Lipinski definition) is 2. The molecule has 2 aliphatic heterocycles. The minimum Gasteiger partial charge on any atom is -0.304 e. The van der Waals surface area contributed by atoms with Gasteiger partial charge in [-0.15, -0.1) is 0 Å². The van der Waals surface area contributed by atoms with Gasteiger partial charge in [0.05, 0.1) is 6.04 Å². The molecule has 1 aromatic rings. The van der Waals surface area contributed by atoms with Gasteiger partial charge in [0.2, 0.25) is 5.91 Å². The van der Waals surface area contributed by atoms with E-state index in [-0.39, 0.29) is 24.0 Å². The topological polar surface area (TPSA) is 61.4 Å². The van der Waals surface area contributed by atoms with Crippen LogP contribution in [0.5, 0.6) is 0 Å². The Labute approximate surface area is 112 Å². The third-order valence-corrected chi connectivity index (χ3v) is 3.81. The molecule has 3 unspecified atom stereocenters. The number of benzene rings is 1. The number of nitrogens with zero attached hydrogens (tertiary/aromatic N) is 1. The van der Waals surface area contributed by atoms with Crippen molar-refractivity contribution in [2.45, 2.75) is 25.4 Å². The molecule has 0 saturated carbocycles. The van der Waals surface area contributed by atoms with Crippen molar-refractivity contribution in [3.8, 4) is 0 Å². The Kier molecular flexibility index (Phi) is 2.98. The van der Waals surface area contributed by atoms with Crippen molar-refractivity contribution in [1.82, 2.24) is 10.6 Å². The summed E-state index contributed by atoms with van der Waals surface area (Å²) in [6.07, 6.45) is 0.839. The molecule has 3 atom stereocenters. The highest BCUT2D eigenvalue weighted by Crippen LogP contribution is 2.28. The molecule has 0 radical (unpaired) electrons. The third-order valence-electron chi connectivity index (χ3n) is 3.81. The molecule has 0 spiro atoms. The first kappa shape index (κ1) is 12.2. The summed E-state index contributed by atoms with van der Waals surface area (Å²) in [6.45, 7) is 2.94. The maximum atomic E-state index is 12.1. The third kappa shape index (κ3) is 2.10. The van der Waals surface area contributed by atoms with E-state index in [9.17, 15) is 9.59 Å². The Balaban J connectivity index is 1.96. The van der Waals surface area contributed by atoms with E-state index < -0.39 is 0 Å². The highest BCUT2D eigenvalue weighted by atomic mass is 16.2. The summed E-state index contributed by atoms with van der Waals surface area (Å²) in [5, 5.41) is 5.66. The number of rotatable bonds is 1. The van der Waals surface area contributed by atoms with Crippen molar-refractivity contribution in [1.29, 1.82) is 0 Å². The molecule has 5 heteroatoms. The fourth-order valence-electron chi connectivity index (χ4n) is 2.91.